The zero-order valence-corrected chi connectivity index (χ0v) is 15.6. The summed E-state index contributed by atoms with van der Waals surface area (Å²) in [6.45, 7) is 7.29. The van der Waals surface area contributed by atoms with Crippen molar-refractivity contribution in [1.29, 1.82) is 0 Å². The Balaban J connectivity index is 0.00000288. The standard InChI is InChI=1S/C19H30N2O2.ClH/c1-2-3-16-23-18-10-8-17(9-11-18)19(22)20-12-4-5-13-21-14-6-7-15-21;/h8-11H,2-7,12-16H2,1H3,(H,20,22);1H. The summed E-state index contributed by atoms with van der Waals surface area (Å²) in [5.41, 5.74) is 0.701. The lowest BCUT2D eigenvalue weighted by Gasteiger charge is -2.14. The van der Waals surface area contributed by atoms with Gasteiger partial charge < -0.3 is 15.0 Å². The van der Waals surface area contributed by atoms with Crippen molar-refractivity contribution in [1.82, 2.24) is 10.2 Å². The van der Waals surface area contributed by atoms with Crippen molar-refractivity contribution in [3.63, 3.8) is 0 Å². The van der Waals surface area contributed by atoms with Gasteiger partial charge in [0.25, 0.3) is 5.91 Å². The average Bonchev–Trinajstić information content (AvgIpc) is 3.08. The molecule has 1 fully saturated rings. The minimum Gasteiger partial charge on any atom is -0.494 e. The molecule has 136 valence electrons. The summed E-state index contributed by atoms with van der Waals surface area (Å²) in [5.74, 6) is 0.840. The van der Waals surface area contributed by atoms with Gasteiger partial charge in [0, 0.05) is 12.1 Å². The van der Waals surface area contributed by atoms with Crippen LogP contribution in [0.5, 0.6) is 5.75 Å². The number of amides is 1. The molecule has 0 unspecified atom stereocenters. The third-order valence-electron chi connectivity index (χ3n) is 4.27. The fraction of sp³-hybridized carbons (Fsp3) is 0.632. The van der Waals surface area contributed by atoms with Crippen molar-refractivity contribution in [2.75, 3.05) is 32.8 Å². The van der Waals surface area contributed by atoms with Gasteiger partial charge in [-0.1, -0.05) is 13.3 Å². The van der Waals surface area contributed by atoms with Gasteiger partial charge in [0.05, 0.1) is 6.61 Å². The Morgan fingerprint density at radius 3 is 2.50 bits per heavy atom. The number of nitrogens with zero attached hydrogens (tertiary/aromatic N) is 1. The summed E-state index contributed by atoms with van der Waals surface area (Å²) in [6.07, 6.45) is 7.06. The number of hydrogen-bond acceptors (Lipinski definition) is 3. The van der Waals surface area contributed by atoms with Gasteiger partial charge in [-0.3, -0.25) is 4.79 Å². The predicted octanol–water partition coefficient (Wildman–Crippen LogP) is 3.89. The molecule has 1 aliphatic heterocycles. The molecule has 24 heavy (non-hydrogen) atoms. The molecular formula is C19H31ClN2O2. The second kappa shape index (κ2) is 12.2. The summed E-state index contributed by atoms with van der Waals surface area (Å²) in [5, 5.41) is 3.00. The molecule has 1 saturated heterocycles. The summed E-state index contributed by atoms with van der Waals surface area (Å²) >= 11 is 0. The molecule has 4 nitrogen and oxygen atoms in total. The van der Waals surface area contributed by atoms with Crippen molar-refractivity contribution in [2.45, 2.75) is 45.4 Å². The van der Waals surface area contributed by atoms with Gasteiger partial charge in [0.1, 0.15) is 5.75 Å². The van der Waals surface area contributed by atoms with Crippen LogP contribution in [-0.4, -0.2) is 43.6 Å². The van der Waals surface area contributed by atoms with E-state index in [4.69, 9.17) is 4.74 Å². The van der Waals surface area contributed by atoms with Crippen molar-refractivity contribution in [3.8, 4) is 5.75 Å². The Labute approximate surface area is 152 Å². The van der Waals surface area contributed by atoms with Gasteiger partial charge in [-0.25, -0.2) is 0 Å². The van der Waals surface area contributed by atoms with Crippen LogP contribution < -0.4 is 10.1 Å². The first-order valence-corrected chi connectivity index (χ1v) is 9.03. The van der Waals surface area contributed by atoms with Crippen LogP contribution in [0.2, 0.25) is 0 Å². The third-order valence-corrected chi connectivity index (χ3v) is 4.27. The first-order valence-electron chi connectivity index (χ1n) is 9.03. The zero-order chi connectivity index (χ0) is 16.3. The molecule has 0 aliphatic carbocycles. The van der Waals surface area contributed by atoms with E-state index >= 15 is 0 Å². The van der Waals surface area contributed by atoms with Crippen LogP contribution in [0.3, 0.4) is 0 Å². The van der Waals surface area contributed by atoms with E-state index in [-0.39, 0.29) is 18.3 Å². The van der Waals surface area contributed by atoms with Crippen molar-refractivity contribution >= 4 is 18.3 Å². The maximum absolute atomic E-state index is 12.1. The summed E-state index contributed by atoms with van der Waals surface area (Å²) in [6, 6.07) is 7.41. The Hall–Kier alpha value is -1.26. The number of carbonyl (C=O) groups is 1. The molecule has 0 atom stereocenters. The lowest BCUT2D eigenvalue weighted by molar-refractivity contribution is 0.0952. The second-order valence-corrected chi connectivity index (χ2v) is 6.24. The van der Waals surface area contributed by atoms with Gasteiger partial charge >= 0.3 is 0 Å². The lowest BCUT2D eigenvalue weighted by Crippen LogP contribution is -2.26. The van der Waals surface area contributed by atoms with E-state index in [2.05, 4.69) is 17.1 Å². The highest BCUT2D eigenvalue weighted by atomic mass is 35.5. The molecule has 0 spiro atoms. The Kier molecular flexibility index (Phi) is 10.5. The first-order chi connectivity index (χ1) is 11.3. The SMILES string of the molecule is CCCCOc1ccc(C(=O)NCCCCN2CCCC2)cc1.Cl. The Morgan fingerprint density at radius 1 is 1.12 bits per heavy atom. The van der Waals surface area contributed by atoms with Gasteiger partial charge in [0.2, 0.25) is 0 Å². The highest BCUT2D eigenvalue weighted by Crippen LogP contribution is 2.13. The molecule has 0 aromatic heterocycles. The van der Waals surface area contributed by atoms with Crippen LogP contribution in [0.25, 0.3) is 0 Å². The fourth-order valence-corrected chi connectivity index (χ4v) is 2.81. The van der Waals surface area contributed by atoms with Gasteiger partial charge in [-0.15, -0.1) is 12.4 Å². The molecule has 5 heteroatoms. The summed E-state index contributed by atoms with van der Waals surface area (Å²) in [4.78, 5) is 14.6. The molecule has 1 N–H and O–H groups in total. The van der Waals surface area contributed by atoms with E-state index in [1.807, 2.05) is 24.3 Å². The van der Waals surface area contributed by atoms with Gasteiger partial charge in [0.15, 0.2) is 0 Å². The van der Waals surface area contributed by atoms with E-state index in [0.29, 0.717) is 5.56 Å². The lowest BCUT2D eigenvalue weighted by atomic mass is 10.2. The number of rotatable bonds is 10. The molecule has 0 saturated carbocycles. The zero-order valence-electron chi connectivity index (χ0n) is 14.8. The van der Waals surface area contributed by atoms with Crippen LogP contribution in [0.4, 0.5) is 0 Å². The molecule has 1 aromatic carbocycles. The topological polar surface area (TPSA) is 41.6 Å². The molecule has 0 radical (unpaired) electrons. The Bertz CT molecular complexity index is 459. The Morgan fingerprint density at radius 2 is 1.83 bits per heavy atom. The smallest absolute Gasteiger partial charge is 0.251 e. The van der Waals surface area contributed by atoms with Crippen molar-refractivity contribution in [3.05, 3.63) is 29.8 Å². The monoisotopic (exact) mass is 354 g/mol. The van der Waals surface area contributed by atoms with Crippen LogP contribution in [0.1, 0.15) is 55.8 Å². The number of carbonyl (C=O) groups excluding carboxylic acids is 1. The van der Waals surface area contributed by atoms with Crippen molar-refractivity contribution < 1.29 is 9.53 Å². The van der Waals surface area contributed by atoms with Gasteiger partial charge in [-0.2, -0.15) is 0 Å². The minimum atomic E-state index is 0. The van der Waals surface area contributed by atoms with Gasteiger partial charge in [-0.05, 0) is 76.0 Å². The van der Waals surface area contributed by atoms with Crippen LogP contribution in [0.15, 0.2) is 24.3 Å². The largest absolute Gasteiger partial charge is 0.494 e. The third kappa shape index (κ3) is 7.54. The number of halogens is 1. The first kappa shape index (κ1) is 20.8. The fourth-order valence-electron chi connectivity index (χ4n) is 2.81. The number of unbranched alkanes of at least 4 members (excludes halogenated alkanes) is 2. The number of nitrogens with one attached hydrogen (secondary N) is 1. The predicted molar refractivity (Wildman–Crippen MR) is 101 cm³/mol. The van der Waals surface area contributed by atoms with Crippen molar-refractivity contribution in [2.24, 2.45) is 0 Å². The van der Waals surface area contributed by atoms with Crippen LogP contribution in [-0.2, 0) is 0 Å². The molecule has 1 aromatic rings. The molecule has 1 aliphatic rings. The maximum Gasteiger partial charge on any atom is 0.251 e. The second-order valence-electron chi connectivity index (χ2n) is 6.24. The van der Waals surface area contributed by atoms with E-state index in [1.165, 1.54) is 32.5 Å². The normalized spacial score (nSPS) is 14.2. The van der Waals surface area contributed by atoms with E-state index in [9.17, 15) is 4.79 Å². The van der Waals surface area contributed by atoms with E-state index in [0.717, 1.165) is 44.6 Å². The summed E-state index contributed by atoms with van der Waals surface area (Å²) in [7, 11) is 0. The van der Waals surface area contributed by atoms with Crippen LogP contribution in [0, 0.1) is 0 Å². The number of hydrogen-bond donors (Lipinski definition) is 1. The van der Waals surface area contributed by atoms with Crippen LogP contribution >= 0.6 is 12.4 Å². The minimum absolute atomic E-state index is 0. The molecular weight excluding hydrogens is 324 g/mol. The highest BCUT2D eigenvalue weighted by Gasteiger charge is 2.10. The molecule has 0 bridgehead atoms. The highest BCUT2D eigenvalue weighted by molar-refractivity contribution is 5.94. The molecule has 1 amide bonds. The molecule has 2 rings (SSSR count). The molecule has 1 heterocycles. The quantitative estimate of drug-likeness (QED) is 0.648. The summed E-state index contributed by atoms with van der Waals surface area (Å²) < 4.78 is 5.61. The number of benzene rings is 1. The van der Waals surface area contributed by atoms with E-state index in [1.54, 1.807) is 0 Å². The maximum atomic E-state index is 12.1. The van der Waals surface area contributed by atoms with E-state index < -0.39 is 0 Å². The average molecular weight is 355 g/mol. The number of likely N-dealkylation sites (tertiary alicyclic amines) is 1. The number of ether oxygens (including phenoxy) is 1.